The maximum atomic E-state index is 13.0. The van der Waals surface area contributed by atoms with Crippen LogP contribution in [0.5, 0.6) is 17.2 Å². The van der Waals surface area contributed by atoms with Gasteiger partial charge in [-0.05, 0) is 55.0 Å². The number of aromatic nitrogens is 3. The molecule has 0 aliphatic heterocycles. The first-order valence-electron chi connectivity index (χ1n) is 9.04. The summed E-state index contributed by atoms with van der Waals surface area (Å²) in [6.07, 6.45) is -1.39. The van der Waals surface area contributed by atoms with Gasteiger partial charge < -0.3 is 14.2 Å². The second kappa shape index (κ2) is 9.97. The molecule has 0 fully saturated rings. The van der Waals surface area contributed by atoms with Gasteiger partial charge in [0.15, 0.2) is 11.5 Å². The average Bonchev–Trinajstić information content (AvgIpc) is 3.12. The zero-order valence-electron chi connectivity index (χ0n) is 16.3. The van der Waals surface area contributed by atoms with E-state index in [9.17, 15) is 8.78 Å². The number of benzene rings is 2. The maximum Gasteiger partial charge on any atom is 0.299 e. The third-order valence-corrected chi connectivity index (χ3v) is 4.29. The van der Waals surface area contributed by atoms with Gasteiger partial charge in [0.25, 0.3) is 6.43 Å². The van der Waals surface area contributed by atoms with Gasteiger partial charge in [0.1, 0.15) is 12.4 Å². The molecule has 1 aromatic heterocycles. The van der Waals surface area contributed by atoms with Gasteiger partial charge in [0.2, 0.25) is 10.6 Å². The normalized spacial score (nSPS) is 11.2. The minimum absolute atomic E-state index is 0.0221. The van der Waals surface area contributed by atoms with E-state index < -0.39 is 12.2 Å². The Labute approximate surface area is 176 Å². The number of aromatic amines is 1. The molecule has 0 radical (unpaired) electrons. The summed E-state index contributed by atoms with van der Waals surface area (Å²) >= 11 is 4.95. The Bertz CT molecular complexity index is 1080. The smallest absolute Gasteiger partial charge is 0.299 e. The molecular formula is C20H20F2N4O3S. The molecule has 3 rings (SSSR count). The van der Waals surface area contributed by atoms with Crippen LogP contribution in [0.25, 0.3) is 0 Å². The Morgan fingerprint density at radius 2 is 1.90 bits per heavy atom. The fraction of sp³-hybridized carbons (Fsp3) is 0.250. The first kappa shape index (κ1) is 21.4. The molecule has 0 spiro atoms. The summed E-state index contributed by atoms with van der Waals surface area (Å²) < 4.78 is 43.8. The lowest BCUT2D eigenvalue weighted by Gasteiger charge is -2.14. The lowest BCUT2D eigenvalue weighted by Crippen LogP contribution is -2.03. The van der Waals surface area contributed by atoms with Crippen LogP contribution in [-0.4, -0.2) is 34.8 Å². The molecule has 3 aromatic rings. The van der Waals surface area contributed by atoms with Gasteiger partial charge in [-0.25, -0.2) is 13.9 Å². The number of ether oxygens (including phenoxy) is 3. The Kier molecular flexibility index (Phi) is 7.12. The van der Waals surface area contributed by atoms with E-state index in [1.807, 2.05) is 31.2 Å². The van der Waals surface area contributed by atoms with Crippen LogP contribution in [0.2, 0.25) is 0 Å². The SMILES string of the molecule is CCOc1ccccc1OCc1cc(/C=N/n2c(C(F)F)n[nH]c2=S)ccc1OC. The molecule has 0 aliphatic carbocycles. The van der Waals surface area contributed by atoms with Crippen LogP contribution in [-0.2, 0) is 6.61 Å². The highest BCUT2D eigenvalue weighted by molar-refractivity contribution is 7.71. The van der Waals surface area contributed by atoms with Gasteiger partial charge in [-0.1, -0.05) is 12.1 Å². The maximum absolute atomic E-state index is 13.0. The fourth-order valence-corrected chi connectivity index (χ4v) is 2.86. The molecule has 2 aromatic carbocycles. The van der Waals surface area contributed by atoms with E-state index in [1.54, 1.807) is 25.3 Å². The van der Waals surface area contributed by atoms with E-state index >= 15 is 0 Å². The Hall–Kier alpha value is -3.27. The van der Waals surface area contributed by atoms with Crippen LogP contribution >= 0.6 is 12.2 Å². The van der Waals surface area contributed by atoms with Crippen molar-refractivity contribution in [3.8, 4) is 17.2 Å². The number of alkyl halides is 2. The molecule has 10 heteroatoms. The van der Waals surface area contributed by atoms with Gasteiger partial charge >= 0.3 is 0 Å². The average molecular weight is 434 g/mol. The van der Waals surface area contributed by atoms with Crippen molar-refractivity contribution in [3.63, 3.8) is 0 Å². The molecule has 0 atom stereocenters. The topological polar surface area (TPSA) is 73.7 Å². The minimum Gasteiger partial charge on any atom is -0.496 e. The molecule has 0 unspecified atom stereocenters. The molecule has 0 saturated carbocycles. The summed E-state index contributed by atoms with van der Waals surface area (Å²) in [5, 5.41) is 9.82. The first-order chi connectivity index (χ1) is 14.5. The van der Waals surface area contributed by atoms with E-state index in [1.165, 1.54) is 6.21 Å². The van der Waals surface area contributed by atoms with E-state index in [0.29, 0.717) is 29.4 Å². The Morgan fingerprint density at radius 1 is 1.17 bits per heavy atom. The standard InChI is InChI=1S/C20H20F2N4O3S/c1-3-28-16-6-4-5-7-17(16)29-12-14-10-13(8-9-15(14)27-2)11-23-26-19(18(21)22)24-25-20(26)30/h4-11,18H,3,12H2,1-2H3,(H,25,30)/b23-11+. The lowest BCUT2D eigenvalue weighted by molar-refractivity contribution is 0.136. The number of H-pyrrole nitrogens is 1. The number of rotatable bonds is 9. The van der Waals surface area contributed by atoms with Crippen molar-refractivity contribution in [3.05, 3.63) is 64.2 Å². The van der Waals surface area contributed by atoms with Crippen molar-refractivity contribution < 1.29 is 23.0 Å². The second-order valence-electron chi connectivity index (χ2n) is 5.98. The highest BCUT2D eigenvalue weighted by Gasteiger charge is 2.16. The van der Waals surface area contributed by atoms with Gasteiger partial charge in [-0.15, -0.1) is 0 Å². The molecule has 30 heavy (non-hydrogen) atoms. The molecule has 0 aliphatic rings. The molecular weight excluding hydrogens is 414 g/mol. The van der Waals surface area contributed by atoms with Gasteiger partial charge in [0, 0.05) is 5.56 Å². The highest BCUT2D eigenvalue weighted by Crippen LogP contribution is 2.29. The fourth-order valence-electron chi connectivity index (χ4n) is 2.67. The van der Waals surface area contributed by atoms with Crippen LogP contribution < -0.4 is 14.2 Å². The summed E-state index contributed by atoms with van der Waals surface area (Å²) in [5.41, 5.74) is 1.40. The lowest BCUT2D eigenvalue weighted by atomic mass is 10.1. The summed E-state index contributed by atoms with van der Waals surface area (Å²) in [5.74, 6) is 1.31. The largest absolute Gasteiger partial charge is 0.496 e. The molecule has 1 N–H and O–H groups in total. The second-order valence-corrected chi connectivity index (χ2v) is 6.37. The molecule has 7 nitrogen and oxygen atoms in total. The van der Waals surface area contributed by atoms with Crippen LogP contribution in [0.15, 0.2) is 47.6 Å². The number of hydrogen-bond donors (Lipinski definition) is 1. The number of methoxy groups -OCH3 is 1. The van der Waals surface area contributed by atoms with Crippen LogP contribution in [0.1, 0.15) is 30.3 Å². The zero-order valence-corrected chi connectivity index (χ0v) is 17.2. The molecule has 0 saturated heterocycles. The van der Waals surface area contributed by atoms with Crippen molar-refractivity contribution in [1.29, 1.82) is 0 Å². The van der Waals surface area contributed by atoms with E-state index in [0.717, 1.165) is 10.2 Å². The zero-order chi connectivity index (χ0) is 21.5. The third kappa shape index (κ3) is 5.01. The Morgan fingerprint density at radius 3 is 2.57 bits per heavy atom. The Balaban J connectivity index is 1.83. The van der Waals surface area contributed by atoms with Gasteiger partial charge in [-0.2, -0.15) is 14.9 Å². The predicted molar refractivity (Wildman–Crippen MR) is 110 cm³/mol. The van der Waals surface area contributed by atoms with Crippen LogP contribution in [0.3, 0.4) is 0 Å². The van der Waals surface area contributed by atoms with Gasteiger partial charge in [0.05, 0.1) is 19.9 Å². The van der Waals surface area contributed by atoms with E-state index in [4.69, 9.17) is 26.4 Å². The van der Waals surface area contributed by atoms with Crippen molar-refractivity contribution >= 4 is 18.4 Å². The minimum atomic E-state index is -2.81. The van der Waals surface area contributed by atoms with Crippen LogP contribution in [0.4, 0.5) is 8.78 Å². The van der Waals surface area contributed by atoms with E-state index in [-0.39, 0.29) is 11.4 Å². The third-order valence-electron chi connectivity index (χ3n) is 4.03. The van der Waals surface area contributed by atoms with Crippen molar-refractivity contribution in [2.24, 2.45) is 5.10 Å². The number of para-hydroxylation sites is 2. The van der Waals surface area contributed by atoms with Gasteiger partial charge in [-0.3, -0.25) is 0 Å². The molecule has 0 bridgehead atoms. The summed E-state index contributed by atoms with van der Waals surface area (Å²) in [7, 11) is 1.56. The number of hydrogen-bond acceptors (Lipinski definition) is 6. The highest BCUT2D eigenvalue weighted by atomic mass is 32.1. The molecule has 158 valence electrons. The van der Waals surface area contributed by atoms with E-state index in [2.05, 4.69) is 15.3 Å². The predicted octanol–water partition coefficient (Wildman–Crippen LogP) is 4.75. The molecule has 0 amide bonds. The molecule has 1 heterocycles. The van der Waals surface area contributed by atoms with Crippen molar-refractivity contribution in [2.75, 3.05) is 13.7 Å². The number of nitrogens with zero attached hydrogens (tertiary/aromatic N) is 3. The summed E-state index contributed by atoms with van der Waals surface area (Å²) in [6.45, 7) is 2.63. The van der Waals surface area contributed by atoms with Crippen molar-refractivity contribution in [1.82, 2.24) is 14.9 Å². The number of halogens is 2. The van der Waals surface area contributed by atoms with Crippen molar-refractivity contribution in [2.45, 2.75) is 20.0 Å². The number of nitrogens with one attached hydrogen (secondary N) is 1. The van der Waals surface area contributed by atoms with Crippen LogP contribution in [0, 0.1) is 4.77 Å². The summed E-state index contributed by atoms with van der Waals surface area (Å²) in [6, 6.07) is 12.6. The first-order valence-corrected chi connectivity index (χ1v) is 9.45. The summed E-state index contributed by atoms with van der Waals surface area (Å²) in [4.78, 5) is 0. The monoisotopic (exact) mass is 434 g/mol. The quantitative estimate of drug-likeness (QED) is 0.389.